The summed E-state index contributed by atoms with van der Waals surface area (Å²) in [5.41, 5.74) is 5.32. The van der Waals surface area contributed by atoms with Gasteiger partial charge in [0.25, 0.3) is 10.0 Å². The number of urea groups is 1. The summed E-state index contributed by atoms with van der Waals surface area (Å²) in [5.74, 6) is -2.97. The summed E-state index contributed by atoms with van der Waals surface area (Å²) in [5, 5.41) is 4.57. The van der Waals surface area contributed by atoms with Crippen LogP contribution in [0.2, 0.25) is 0 Å². The number of primary amides is 1. The molecule has 2 aromatic rings. The molecule has 0 heterocycles. The van der Waals surface area contributed by atoms with E-state index < -0.39 is 38.5 Å². The molecule has 0 unspecified atom stereocenters. The normalized spacial score (nSPS) is 10.8. The van der Waals surface area contributed by atoms with Gasteiger partial charge in [0.15, 0.2) is 11.6 Å². The van der Waals surface area contributed by atoms with E-state index >= 15 is 0 Å². The van der Waals surface area contributed by atoms with E-state index in [-0.39, 0.29) is 12.2 Å². The molecule has 138 valence electrons. The Morgan fingerprint density at radius 1 is 0.962 bits per heavy atom. The second-order valence-electron chi connectivity index (χ2n) is 5.02. The van der Waals surface area contributed by atoms with E-state index in [0.29, 0.717) is 17.8 Å². The van der Waals surface area contributed by atoms with Gasteiger partial charge in [-0.15, -0.1) is 0 Å². The topological polar surface area (TPSA) is 130 Å². The molecular weight excluding hydrogens is 370 g/mol. The molecule has 8 nitrogen and oxygen atoms in total. The van der Waals surface area contributed by atoms with Crippen molar-refractivity contribution in [2.45, 2.75) is 4.90 Å². The highest BCUT2D eigenvalue weighted by molar-refractivity contribution is 7.92. The van der Waals surface area contributed by atoms with Gasteiger partial charge in [0.05, 0.1) is 11.4 Å². The van der Waals surface area contributed by atoms with Gasteiger partial charge in [-0.1, -0.05) is 0 Å². The summed E-state index contributed by atoms with van der Waals surface area (Å²) < 4.78 is 52.6. The Hall–Kier alpha value is -3.21. The van der Waals surface area contributed by atoms with Crippen LogP contribution in [0.3, 0.4) is 0 Å². The van der Waals surface area contributed by atoms with Crippen LogP contribution in [0.25, 0.3) is 0 Å². The van der Waals surface area contributed by atoms with Crippen molar-refractivity contribution < 1.29 is 26.8 Å². The minimum absolute atomic E-state index is 0.142. The Morgan fingerprint density at radius 3 is 2.15 bits per heavy atom. The van der Waals surface area contributed by atoms with Crippen molar-refractivity contribution in [3.63, 3.8) is 0 Å². The molecule has 3 amide bonds. The largest absolute Gasteiger partial charge is 0.352 e. The van der Waals surface area contributed by atoms with E-state index in [2.05, 4.69) is 15.4 Å². The van der Waals surface area contributed by atoms with Gasteiger partial charge in [-0.25, -0.2) is 22.0 Å². The third kappa shape index (κ3) is 5.14. The average molecular weight is 384 g/mol. The van der Waals surface area contributed by atoms with E-state index in [1.807, 2.05) is 0 Å². The van der Waals surface area contributed by atoms with Gasteiger partial charge in [-0.2, -0.15) is 0 Å². The first-order valence-electron chi connectivity index (χ1n) is 7.08. The molecule has 0 fully saturated rings. The molecule has 2 aromatic carbocycles. The van der Waals surface area contributed by atoms with Crippen molar-refractivity contribution in [3.05, 3.63) is 54.1 Å². The summed E-state index contributed by atoms with van der Waals surface area (Å²) in [7, 11) is -4.11. The molecule has 0 spiro atoms. The van der Waals surface area contributed by atoms with Crippen LogP contribution in [-0.2, 0) is 14.8 Å². The van der Waals surface area contributed by atoms with Crippen LogP contribution in [0.1, 0.15) is 0 Å². The first-order chi connectivity index (χ1) is 12.2. The second kappa shape index (κ2) is 7.78. The number of carbonyl (C=O) groups excluding carboxylic acids is 2. The number of halogens is 2. The van der Waals surface area contributed by atoms with Crippen LogP contribution in [0.5, 0.6) is 0 Å². The highest BCUT2D eigenvalue weighted by Crippen LogP contribution is 2.20. The number of nitrogens with two attached hydrogens (primary N) is 1. The van der Waals surface area contributed by atoms with Crippen LogP contribution in [0.15, 0.2) is 47.4 Å². The fourth-order valence-electron chi connectivity index (χ4n) is 1.85. The molecule has 0 atom stereocenters. The number of anilines is 2. The summed E-state index contributed by atoms with van der Waals surface area (Å²) in [6, 6.07) is 6.89. The number of amides is 3. The van der Waals surface area contributed by atoms with Crippen molar-refractivity contribution in [3.8, 4) is 0 Å². The number of carbonyl (C=O) groups is 2. The maximum absolute atomic E-state index is 13.2. The Balaban J connectivity index is 2.05. The van der Waals surface area contributed by atoms with E-state index in [1.54, 1.807) is 0 Å². The van der Waals surface area contributed by atoms with Crippen LogP contribution in [-0.4, -0.2) is 26.9 Å². The van der Waals surface area contributed by atoms with Crippen LogP contribution < -0.4 is 21.1 Å². The van der Waals surface area contributed by atoms with Gasteiger partial charge in [0.1, 0.15) is 0 Å². The van der Waals surface area contributed by atoms with Crippen LogP contribution >= 0.6 is 0 Å². The molecule has 5 N–H and O–H groups in total. The minimum atomic E-state index is -4.11. The fourth-order valence-corrected chi connectivity index (χ4v) is 2.92. The first-order valence-corrected chi connectivity index (χ1v) is 8.57. The SMILES string of the molecule is NC(=O)NCC(=O)Nc1ccc(NS(=O)(=O)c2ccc(F)c(F)c2)cc1. The Morgan fingerprint density at radius 2 is 1.58 bits per heavy atom. The van der Waals surface area contributed by atoms with Crippen molar-refractivity contribution >= 4 is 33.3 Å². The minimum Gasteiger partial charge on any atom is -0.352 e. The van der Waals surface area contributed by atoms with Gasteiger partial charge in [0, 0.05) is 11.4 Å². The van der Waals surface area contributed by atoms with Gasteiger partial charge in [0.2, 0.25) is 5.91 Å². The smallest absolute Gasteiger partial charge is 0.312 e. The number of hydrogen-bond acceptors (Lipinski definition) is 4. The van der Waals surface area contributed by atoms with E-state index in [9.17, 15) is 26.8 Å². The van der Waals surface area contributed by atoms with Crippen LogP contribution in [0.4, 0.5) is 25.0 Å². The molecule has 0 bridgehead atoms. The maximum Gasteiger partial charge on any atom is 0.312 e. The van der Waals surface area contributed by atoms with Crippen molar-refractivity contribution in [2.24, 2.45) is 5.73 Å². The van der Waals surface area contributed by atoms with E-state index in [1.165, 1.54) is 24.3 Å². The van der Waals surface area contributed by atoms with Gasteiger partial charge >= 0.3 is 6.03 Å². The molecule has 2 rings (SSSR count). The second-order valence-corrected chi connectivity index (χ2v) is 6.71. The molecular formula is C15H14F2N4O4S. The Labute approximate surface area is 147 Å². The van der Waals surface area contributed by atoms with E-state index in [0.717, 1.165) is 6.07 Å². The average Bonchev–Trinajstić information content (AvgIpc) is 2.57. The predicted octanol–water partition coefficient (Wildman–Crippen LogP) is 1.37. The number of sulfonamides is 1. The predicted molar refractivity (Wildman–Crippen MR) is 89.8 cm³/mol. The lowest BCUT2D eigenvalue weighted by molar-refractivity contribution is -0.115. The summed E-state index contributed by atoms with van der Waals surface area (Å²) in [6.45, 7) is -0.320. The lowest BCUT2D eigenvalue weighted by atomic mass is 10.3. The first kappa shape index (κ1) is 19.1. The number of benzene rings is 2. The molecule has 0 aliphatic carbocycles. The molecule has 0 radical (unpaired) electrons. The summed E-state index contributed by atoms with van der Waals surface area (Å²) >= 11 is 0. The molecule has 0 saturated heterocycles. The van der Waals surface area contributed by atoms with Gasteiger partial charge in [-0.3, -0.25) is 9.52 Å². The lowest BCUT2D eigenvalue weighted by Crippen LogP contribution is -2.36. The molecule has 26 heavy (non-hydrogen) atoms. The van der Waals surface area contributed by atoms with Crippen molar-refractivity contribution in [1.29, 1.82) is 0 Å². The lowest BCUT2D eigenvalue weighted by Gasteiger charge is -2.10. The number of nitrogens with one attached hydrogen (secondary N) is 3. The summed E-state index contributed by atoms with van der Waals surface area (Å²) in [4.78, 5) is 21.6. The number of rotatable bonds is 6. The Bertz CT molecular complexity index is 933. The fraction of sp³-hybridized carbons (Fsp3) is 0.0667. The van der Waals surface area contributed by atoms with Crippen molar-refractivity contribution in [1.82, 2.24) is 5.32 Å². The summed E-state index contributed by atoms with van der Waals surface area (Å²) in [6.07, 6.45) is 0. The molecule has 0 saturated carbocycles. The van der Waals surface area contributed by atoms with Gasteiger partial charge < -0.3 is 16.4 Å². The number of hydrogen-bond donors (Lipinski definition) is 4. The molecule has 0 aliphatic heterocycles. The zero-order valence-electron chi connectivity index (χ0n) is 13.1. The monoisotopic (exact) mass is 384 g/mol. The molecule has 0 aliphatic rings. The van der Waals surface area contributed by atoms with Crippen molar-refractivity contribution in [2.75, 3.05) is 16.6 Å². The third-order valence-corrected chi connectivity index (χ3v) is 4.42. The molecule has 11 heteroatoms. The maximum atomic E-state index is 13.2. The van der Waals surface area contributed by atoms with E-state index in [4.69, 9.17) is 5.73 Å². The van der Waals surface area contributed by atoms with Gasteiger partial charge in [-0.05, 0) is 42.5 Å². The van der Waals surface area contributed by atoms with Crippen LogP contribution in [0, 0.1) is 11.6 Å². The molecule has 0 aromatic heterocycles. The standard InChI is InChI=1S/C15H14F2N4O4S/c16-12-6-5-11(7-13(12)17)26(24,25)21-10-3-1-9(2-4-10)20-14(22)8-19-15(18)23/h1-7,21H,8H2,(H,20,22)(H3,18,19,23). The Kier molecular flexibility index (Phi) is 5.72. The zero-order chi connectivity index (χ0) is 19.3. The quantitative estimate of drug-likeness (QED) is 0.599. The third-order valence-electron chi connectivity index (χ3n) is 3.05. The highest BCUT2D eigenvalue weighted by Gasteiger charge is 2.16. The zero-order valence-corrected chi connectivity index (χ0v) is 13.9. The highest BCUT2D eigenvalue weighted by atomic mass is 32.2.